The van der Waals surface area contributed by atoms with Gasteiger partial charge >= 0.3 is 0 Å². The zero-order valence-corrected chi connectivity index (χ0v) is 11.1. The van der Waals surface area contributed by atoms with Gasteiger partial charge in [0.1, 0.15) is 0 Å². The van der Waals surface area contributed by atoms with Crippen LogP contribution >= 0.6 is 35.6 Å². The van der Waals surface area contributed by atoms with E-state index in [1.54, 1.807) is 6.07 Å². The first kappa shape index (κ1) is 13.9. The average Bonchev–Trinajstić information content (AvgIpc) is 2.69. The van der Waals surface area contributed by atoms with E-state index < -0.39 is 0 Å². The molecule has 1 unspecified atom stereocenters. The number of hydrogen-bond donors (Lipinski definition) is 2. The van der Waals surface area contributed by atoms with E-state index in [1.165, 1.54) is 12.8 Å². The molecule has 5 heteroatoms. The van der Waals surface area contributed by atoms with Crippen LogP contribution in [0, 0.1) is 0 Å². The van der Waals surface area contributed by atoms with E-state index in [4.69, 9.17) is 23.2 Å². The molecule has 0 aliphatic carbocycles. The van der Waals surface area contributed by atoms with Crippen LogP contribution in [0.1, 0.15) is 12.8 Å². The highest BCUT2D eigenvalue weighted by atomic mass is 35.5. The van der Waals surface area contributed by atoms with Gasteiger partial charge in [0.05, 0.1) is 10.7 Å². The number of halogens is 3. The van der Waals surface area contributed by atoms with Crippen LogP contribution in [0.2, 0.25) is 10.0 Å². The van der Waals surface area contributed by atoms with E-state index in [-0.39, 0.29) is 12.4 Å². The Bertz CT molecular complexity index is 338. The zero-order valence-electron chi connectivity index (χ0n) is 8.80. The van der Waals surface area contributed by atoms with Gasteiger partial charge in [-0.2, -0.15) is 0 Å². The summed E-state index contributed by atoms with van der Waals surface area (Å²) >= 11 is 11.9. The highest BCUT2D eigenvalue weighted by Gasteiger charge is 2.13. The highest BCUT2D eigenvalue weighted by Crippen LogP contribution is 2.25. The Morgan fingerprint density at radius 1 is 1.38 bits per heavy atom. The normalized spacial score (nSPS) is 19.2. The summed E-state index contributed by atoms with van der Waals surface area (Å²) in [6, 6.07) is 6.09. The quantitative estimate of drug-likeness (QED) is 0.885. The lowest BCUT2D eigenvalue weighted by Crippen LogP contribution is -2.29. The predicted molar refractivity (Wildman–Crippen MR) is 73.2 cm³/mol. The van der Waals surface area contributed by atoms with E-state index in [9.17, 15) is 0 Å². The van der Waals surface area contributed by atoms with Crippen molar-refractivity contribution < 1.29 is 0 Å². The fraction of sp³-hybridized carbons (Fsp3) is 0.455. The lowest BCUT2D eigenvalue weighted by molar-refractivity contribution is 0.633. The summed E-state index contributed by atoms with van der Waals surface area (Å²) < 4.78 is 0. The standard InChI is InChI=1S/C11H14Cl2N2.ClH/c12-8-3-4-11(10(13)6-8)15-7-9-2-1-5-14-9;/h3-4,6,9,14-15H,1-2,5,7H2;1H. The van der Waals surface area contributed by atoms with Crippen molar-refractivity contribution in [3.63, 3.8) is 0 Å². The van der Waals surface area contributed by atoms with Crippen LogP contribution in [-0.2, 0) is 0 Å². The molecule has 0 spiro atoms. The minimum atomic E-state index is 0. The molecule has 1 aliphatic rings. The molecule has 1 saturated heterocycles. The van der Waals surface area contributed by atoms with Gasteiger partial charge in [0.15, 0.2) is 0 Å². The van der Waals surface area contributed by atoms with E-state index in [0.29, 0.717) is 16.1 Å². The maximum Gasteiger partial charge on any atom is 0.0652 e. The maximum absolute atomic E-state index is 6.05. The molecule has 0 amide bonds. The van der Waals surface area contributed by atoms with Gasteiger partial charge in [-0.3, -0.25) is 0 Å². The summed E-state index contributed by atoms with van der Waals surface area (Å²) in [4.78, 5) is 0. The Labute approximate surface area is 112 Å². The molecule has 0 radical (unpaired) electrons. The number of hydrogen-bond acceptors (Lipinski definition) is 2. The Balaban J connectivity index is 0.00000128. The van der Waals surface area contributed by atoms with Crippen molar-refractivity contribution in [3.8, 4) is 0 Å². The SMILES string of the molecule is Cl.Clc1ccc(NCC2CCCN2)c(Cl)c1. The topological polar surface area (TPSA) is 24.1 Å². The fourth-order valence-corrected chi connectivity index (χ4v) is 2.27. The summed E-state index contributed by atoms with van der Waals surface area (Å²) in [5.41, 5.74) is 0.953. The average molecular weight is 282 g/mol. The van der Waals surface area contributed by atoms with Crippen LogP contribution in [0.3, 0.4) is 0 Å². The molecule has 90 valence electrons. The molecule has 1 aliphatic heterocycles. The van der Waals surface area contributed by atoms with Crippen LogP contribution in [0.25, 0.3) is 0 Å². The third-order valence-corrected chi connectivity index (χ3v) is 3.18. The largest absolute Gasteiger partial charge is 0.382 e. The lowest BCUT2D eigenvalue weighted by atomic mass is 10.2. The molecule has 2 N–H and O–H groups in total. The highest BCUT2D eigenvalue weighted by molar-refractivity contribution is 6.36. The summed E-state index contributed by atoms with van der Waals surface area (Å²) in [5, 5.41) is 8.11. The Hall–Kier alpha value is -0.150. The second-order valence-corrected chi connectivity index (χ2v) is 4.64. The number of nitrogens with one attached hydrogen (secondary N) is 2. The maximum atomic E-state index is 6.05. The molecular formula is C11H15Cl3N2. The van der Waals surface area contributed by atoms with Gasteiger partial charge in [-0.15, -0.1) is 12.4 Å². The van der Waals surface area contributed by atoms with Gasteiger partial charge in [0.2, 0.25) is 0 Å². The molecule has 1 heterocycles. The number of anilines is 1. The number of rotatable bonds is 3. The van der Waals surface area contributed by atoms with Gasteiger partial charge in [-0.05, 0) is 37.6 Å². The molecule has 2 rings (SSSR count). The van der Waals surface area contributed by atoms with Crippen LogP contribution in [0.15, 0.2) is 18.2 Å². The van der Waals surface area contributed by atoms with Crippen molar-refractivity contribution >= 4 is 41.3 Å². The Morgan fingerprint density at radius 2 is 2.19 bits per heavy atom. The van der Waals surface area contributed by atoms with E-state index in [2.05, 4.69) is 10.6 Å². The lowest BCUT2D eigenvalue weighted by Gasteiger charge is -2.13. The second-order valence-electron chi connectivity index (χ2n) is 3.80. The minimum Gasteiger partial charge on any atom is -0.382 e. The van der Waals surface area contributed by atoms with Crippen molar-refractivity contribution in [1.82, 2.24) is 5.32 Å². The van der Waals surface area contributed by atoms with E-state index >= 15 is 0 Å². The molecule has 16 heavy (non-hydrogen) atoms. The monoisotopic (exact) mass is 280 g/mol. The summed E-state index contributed by atoms with van der Waals surface area (Å²) in [7, 11) is 0. The summed E-state index contributed by atoms with van der Waals surface area (Å²) in [6.45, 7) is 2.04. The van der Waals surface area contributed by atoms with Gasteiger partial charge in [0, 0.05) is 17.6 Å². The Kier molecular flexibility index (Phi) is 5.70. The van der Waals surface area contributed by atoms with Crippen molar-refractivity contribution in [3.05, 3.63) is 28.2 Å². The third kappa shape index (κ3) is 3.70. The smallest absolute Gasteiger partial charge is 0.0652 e. The first-order valence-corrected chi connectivity index (χ1v) is 5.93. The van der Waals surface area contributed by atoms with Crippen molar-refractivity contribution in [1.29, 1.82) is 0 Å². The van der Waals surface area contributed by atoms with Crippen molar-refractivity contribution in [2.75, 3.05) is 18.4 Å². The molecule has 1 aromatic carbocycles. The minimum absolute atomic E-state index is 0. The molecule has 2 nitrogen and oxygen atoms in total. The molecule has 0 aromatic heterocycles. The van der Waals surface area contributed by atoms with Crippen LogP contribution < -0.4 is 10.6 Å². The van der Waals surface area contributed by atoms with E-state index in [0.717, 1.165) is 18.8 Å². The molecule has 0 saturated carbocycles. The molecule has 1 atom stereocenters. The van der Waals surface area contributed by atoms with Crippen molar-refractivity contribution in [2.24, 2.45) is 0 Å². The number of benzene rings is 1. The first-order chi connectivity index (χ1) is 7.25. The first-order valence-electron chi connectivity index (χ1n) is 5.18. The molecule has 0 bridgehead atoms. The predicted octanol–water partition coefficient (Wildman–Crippen LogP) is 3.58. The fourth-order valence-electron chi connectivity index (χ4n) is 1.80. The Morgan fingerprint density at radius 3 is 2.81 bits per heavy atom. The van der Waals surface area contributed by atoms with Crippen molar-refractivity contribution in [2.45, 2.75) is 18.9 Å². The van der Waals surface area contributed by atoms with Crippen LogP contribution in [-0.4, -0.2) is 19.1 Å². The van der Waals surface area contributed by atoms with Crippen LogP contribution in [0.4, 0.5) is 5.69 Å². The second kappa shape index (κ2) is 6.55. The van der Waals surface area contributed by atoms with Gasteiger partial charge in [-0.1, -0.05) is 23.2 Å². The van der Waals surface area contributed by atoms with Gasteiger partial charge in [0.25, 0.3) is 0 Å². The zero-order chi connectivity index (χ0) is 10.7. The molecule has 1 aromatic rings. The third-order valence-electron chi connectivity index (χ3n) is 2.63. The summed E-state index contributed by atoms with van der Waals surface area (Å²) in [5.74, 6) is 0. The van der Waals surface area contributed by atoms with Gasteiger partial charge in [-0.25, -0.2) is 0 Å². The van der Waals surface area contributed by atoms with Gasteiger partial charge < -0.3 is 10.6 Å². The molecule has 1 fully saturated rings. The van der Waals surface area contributed by atoms with Crippen LogP contribution in [0.5, 0.6) is 0 Å². The van der Waals surface area contributed by atoms with E-state index in [1.807, 2.05) is 12.1 Å². The summed E-state index contributed by atoms with van der Waals surface area (Å²) in [6.07, 6.45) is 2.50. The molecular weight excluding hydrogens is 266 g/mol.